The van der Waals surface area contributed by atoms with Crippen LogP contribution in [-0.4, -0.2) is 76.4 Å². The van der Waals surface area contributed by atoms with Crippen molar-refractivity contribution in [2.24, 2.45) is 23.2 Å². The van der Waals surface area contributed by atoms with Crippen LogP contribution in [0.1, 0.15) is 67.2 Å². The van der Waals surface area contributed by atoms with Gasteiger partial charge in [0.05, 0.1) is 6.07 Å². The number of fused-ring (bicyclic) bond motifs is 1. The van der Waals surface area contributed by atoms with Crippen molar-refractivity contribution in [2.45, 2.75) is 97.2 Å². The molecule has 0 spiro atoms. The van der Waals surface area contributed by atoms with Crippen LogP contribution in [0.3, 0.4) is 0 Å². The van der Waals surface area contributed by atoms with Gasteiger partial charge >= 0.3 is 0 Å². The fourth-order valence-electron chi connectivity index (χ4n) is 5.75. The Hall–Kier alpha value is -2.57. The first-order chi connectivity index (χ1) is 16.6. The van der Waals surface area contributed by atoms with Gasteiger partial charge in [-0.25, -0.2) is 8.78 Å². The molecule has 1 saturated carbocycles. The number of nitriles is 1. The number of nitrogens with zero attached hydrogens (tertiary/aromatic N) is 3. The lowest BCUT2D eigenvalue weighted by atomic mass is 9.77. The summed E-state index contributed by atoms with van der Waals surface area (Å²) in [6.45, 7) is 9.14. The molecular formula is C26H38F2N4O4. The van der Waals surface area contributed by atoms with E-state index in [0.29, 0.717) is 12.8 Å². The predicted molar refractivity (Wildman–Crippen MR) is 128 cm³/mol. The highest BCUT2D eigenvalue weighted by atomic mass is 19.1. The van der Waals surface area contributed by atoms with E-state index in [1.165, 1.54) is 16.7 Å². The van der Waals surface area contributed by atoms with Crippen molar-refractivity contribution in [3.63, 3.8) is 0 Å². The molecule has 3 aliphatic rings. The van der Waals surface area contributed by atoms with Gasteiger partial charge in [0.1, 0.15) is 30.1 Å². The molecule has 0 radical (unpaired) electrons. The number of halogens is 2. The van der Waals surface area contributed by atoms with E-state index >= 15 is 0 Å². The number of hydrogen-bond acceptors (Lipinski definition) is 5. The molecule has 8 nitrogen and oxygen atoms in total. The average molecular weight is 509 g/mol. The molecule has 3 fully saturated rings. The van der Waals surface area contributed by atoms with Gasteiger partial charge in [0.25, 0.3) is 5.91 Å². The Morgan fingerprint density at radius 2 is 1.67 bits per heavy atom. The summed E-state index contributed by atoms with van der Waals surface area (Å²) in [5.74, 6) is -3.05. The summed E-state index contributed by atoms with van der Waals surface area (Å²) in [6, 6.07) is -0.843. The van der Waals surface area contributed by atoms with E-state index in [0.717, 1.165) is 13.8 Å². The second-order valence-corrected chi connectivity index (χ2v) is 12.2. The molecule has 10 heteroatoms. The third kappa shape index (κ3) is 5.55. The van der Waals surface area contributed by atoms with Crippen LogP contribution < -0.4 is 5.32 Å². The van der Waals surface area contributed by atoms with Crippen LogP contribution in [0.2, 0.25) is 0 Å². The molecule has 200 valence electrons. The van der Waals surface area contributed by atoms with Gasteiger partial charge in [0.15, 0.2) is 5.67 Å². The summed E-state index contributed by atoms with van der Waals surface area (Å²) in [7, 11) is 0. The lowest BCUT2D eigenvalue weighted by Crippen LogP contribution is -2.60. The lowest BCUT2D eigenvalue weighted by Gasteiger charge is -2.38. The highest BCUT2D eigenvalue weighted by Gasteiger charge is 2.54. The van der Waals surface area contributed by atoms with E-state index in [9.17, 15) is 33.2 Å². The summed E-state index contributed by atoms with van der Waals surface area (Å²) in [5, 5.41) is 12.2. The topological polar surface area (TPSA) is 111 Å². The molecule has 0 bridgehead atoms. The van der Waals surface area contributed by atoms with Crippen molar-refractivity contribution in [3.8, 4) is 6.07 Å². The Kier molecular flexibility index (Phi) is 7.83. The van der Waals surface area contributed by atoms with Crippen molar-refractivity contribution in [1.82, 2.24) is 15.1 Å². The number of nitrogens with one attached hydrogen (secondary N) is 1. The number of carbonyl (C=O) groups is 4. The fourth-order valence-corrected chi connectivity index (χ4v) is 5.75. The largest absolute Gasteiger partial charge is 0.341 e. The maximum absolute atomic E-state index is 14.5. The predicted octanol–water partition coefficient (Wildman–Crippen LogP) is 2.56. The number of carbonyl (C=O) groups excluding carboxylic acids is 4. The van der Waals surface area contributed by atoms with E-state index in [2.05, 4.69) is 11.4 Å². The Labute approximate surface area is 211 Å². The Bertz CT molecular complexity index is 951. The van der Waals surface area contributed by atoms with E-state index in [4.69, 9.17) is 0 Å². The molecule has 3 amide bonds. The van der Waals surface area contributed by atoms with Gasteiger partial charge in [0.2, 0.25) is 11.8 Å². The zero-order valence-electron chi connectivity index (χ0n) is 22.0. The third-order valence-electron chi connectivity index (χ3n) is 7.93. The van der Waals surface area contributed by atoms with Crippen molar-refractivity contribution in [3.05, 3.63) is 0 Å². The zero-order valence-corrected chi connectivity index (χ0v) is 22.0. The van der Waals surface area contributed by atoms with E-state index in [1.54, 1.807) is 20.8 Å². The maximum Gasteiger partial charge on any atom is 0.257 e. The van der Waals surface area contributed by atoms with Crippen molar-refractivity contribution in [1.29, 1.82) is 5.26 Å². The van der Waals surface area contributed by atoms with Gasteiger partial charge in [-0.1, -0.05) is 20.8 Å². The Balaban J connectivity index is 1.97. The Morgan fingerprint density at radius 1 is 1.03 bits per heavy atom. The molecule has 0 aromatic rings. The van der Waals surface area contributed by atoms with Crippen LogP contribution in [0.5, 0.6) is 0 Å². The van der Waals surface area contributed by atoms with E-state index in [-0.39, 0.29) is 37.6 Å². The second kappa shape index (κ2) is 10.1. The number of alkyl halides is 2. The van der Waals surface area contributed by atoms with Gasteiger partial charge in [-0.15, -0.1) is 0 Å². The molecule has 7 atom stereocenters. The van der Waals surface area contributed by atoms with Gasteiger partial charge in [-0.2, -0.15) is 5.26 Å². The van der Waals surface area contributed by atoms with Gasteiger partial charge in [-0.05, 0) is 63.7 Å². The molecular weight excluding hydrogens is 470 g/mol. The summed E-state index contributed by atoms with van der Waals surface area (Å²) < 4.78 is 28.9. The number of rotatable bonds is 5. The van der Waals surface area contributed by atoms with Gasteiger partial charge in [0, 0.05) is 19.0 Å². The molecule has 1 N–H and O–H groups in total. The normalized spacial score (nSPS) is 31.4. The number of likely N-dealkylation sites (tertiary alicyclic amines) is 2. The molecule has 2 aliphatic heterocycles. The van der Waals surface area contributed by atoms with Crippen LogP contribution >= 0.6 is 0 Å². The molecule has 2 saturated heterocycles. The van der Waals surface area contributed by atoms with E-state index in [1.807, 2.05) is 0 Å². The molecule has 1 unspecified atom stereocenters. The lowest BCUT2D eigenvalue weighted by molar-refractivity contribution is -0.149. The third-order valence-corrected chi connectivity index (χ3v) is 7.93. The summed E-state index contributed by atoms with van der Waals surface area (Å²) in [5.41, 5.74) is -3.01. The second-order valence-electron chi connectivity index (χ2n) is 12.2. The minimum absolute atomic E-state index is 0.0802. The van der Waals surface area contributed by atoms with Crippen LogP contribution in [0.4, 0.5) is 8.78 Å². The number of amides is 3. The van der Waals surface area contributed by atoms with Gasteiger partial charge < -0.3 is 15.1 Å². The first kappa shape index (κ1) is 28.0. The van der Waals surface area contributed by atoms with Crippen LogP contribution in [0.15, 0.2) is 0 Å². The summed E-state index contributed by atoms with van der Waals surface area (Å²) >= 11 is 0. The molecule has 0 aromatic heterocycles. The zero-order chi connectivity index (χ0) is 27.2. The minimum atomic E-state index is -2.21. The molecule has 3 rings (SSSR count). The highest BCUT2D eigenvalue weighted by Crippen LogP contribution is 2.44. The van der Waals surface area contributed by atoms with Crippen molar-refractivity contribution >= 4 is 23.5 Å². The first-order valence-corrected chi connectivity index (χ1v) is 12.7. The van der Waals surface area contributed by atoms with E-state index < -0.39 is 64.9 Å². The molecule has 0 aromatic carbocycles. The SMILES string of the molecule is CC(=O)[C@H]1C[C@@H](C#N)N(C(=O)[C@@H]2[C@H]3C[C@H](F)CCC3CN2C(=O)[C@@H](NC(=O)C(C)(C)F)C(C)(C)C)C1. The van der Waals surface area contributed by atoms with Crippen molar-refractivity contribution in [2.75, 3.05) is 13.1 Å². The first-order valence-electron chi connectivity index (χ1n) is 12.7. The number of ketones is 1. The number of hydrogen-bond donors (Lipinski definition) is 1. The van der Waals surface area contributed by atoms with Crippen LogP contribution in [-0.2, 0) is 19.2 Å². The maximum atomic E-state index is 14.5. The van der Waals surface area contributed by atoms with Gasteiger partial charge in [-0.3, -0.25) is 19.2 Å². The standard InChI is InChI=1S/C26H38F2N4O4/c1-14(33)16-9-18(11-29)31(13-16)22(34)20-19-10-17(27)8-7-15(19)12-32(20)23(35)21(25(2,3)4)30-24(36)26(5,6)28/h15-21H,7-10,12-13H2,1-6H3,(H,30,36)/t15?,16-,17+,18-,19-,20-,21+/m0/s1. The fraction of sp³-hybridized carbons (Fsp3) is 0.808. The van der Waals surface area contributed by atoms with Crippen LogP contribution in [0.25, 0.3) is 0 Å². The quantitative estimate of drug-likeness (QED) is 0.614. The average Bonchev–Trinajstić information content (AvgIpc) is 3.36. The molecule has 1 aliphatic carbocycles. The summed E-state index contributed by atoms with van der Waals surface area (Å²) in [6.07, 6.45) is 0.107. The minimum Gasteiger partial charge on any atom is -0.341 e. The van der Waals surface area contributed by atoms with Crippen LogP contribution in [0, 0.1) is 34.5 Å². The summed E-state index contributed by atoms with van der Waals surface area (Å²) in [4.78, 5) is 55.1. The van der Waals surface area contributed by atoms with Crippen molar-refractivity contribution < 1.29 is 28.0 Å². The highest BCUT2D eigenvalue weighted by molar-refractivity contribution is 5.95. The number of Topliss-reactive ketones (excluding diaryl/α,β-unsaturated/α-hetero) is 1. The monoisotopic (exact) mass is 508 g/mol. The molecule has 36 heavy (non-hydrogen) atoms. The smallest absolute Gasteiger partial charge is 0.257 e. The Morgan fingerprint density at radius 3 is 2.19 bits per heavy atom. The molecule has 2 heterocycles.